The molecular weight excluding hydrogens is 238 g/mol. The molecule has 1 aromatic rings. The van der Waals surface area contributed by atoms with Gasteiger partial charge in [-0.2, -0.15) is 0 Å². The Bertz CT molecular complexity index is 407. The molecule has 0 aliphatic carbocycles. The highest BCUT2D eigenvalue weighted by Gasteiger charge is 2.15. The molecule has 0 saturated heterocycles. The lowest BCUT2D eigenvalue weighted by Gasteiger charge is -2.19. The Morgan fingerprint density at radius 3 is 2.42 bits per heavy atom. The summed E-state index contributed by atoms with van der Waals surface area (Å²) < 4.78 is 5.26. The van der Waals surface area contributed by atoms with E-state index in [9.17, 15) is 4.79 Å². The number of aryl methyl sites for hydroxylation is 1. The van der Waals surface area contributed by atoms with E-state index in [2.05, 4.69) is 30.4 Å². The van der Waals surface area contributed by atoms with Crippen LogP contribution in [0.1, 0.15) is 45.2 Å². The molecular formula is C16H25NO2. The SMILES string of the molecule is CCc1ccccc1CNCCC(=O)OC(C)(C)C. The lowest BCUT2D eigenvalue weighted by atomic mass is 10.1. The average molecular weight is 263 g/mol. The second kappa shape index (κ2) is 7.29. The van der Waals surface area contributed by atoms with Crippen molar-refractivity contribution in [2.24, 2.45) is 0 Å². The van der Waals surface area contributed by atoms with Gasteiger partial charge in [0.15, 0.2) is 0 Å². The average Bonchev–Trinajstić information content (AvgIpc) is 2.33. The molecule has 0 saturated carbocycles. The number of esters is 1. The van der Waals surface area contributed by atoms with E-state index in [1.807, 2.05) is 26.8 Å². The smallest absolute Gasteiger partial charge is 0.307 e. The number of hydrogen-bond donors (Lipinski definition) is 1. The van der Waals surface area contributed by atoms with Crippen LogP contribution < -0.4 is 5.32 Å². The third-order valence-corrected chi connectivity index (χ3v) is 2.74. The quantitative estimate of drug-likeness (QED) is 0.633. The lowest BCUT2D eigenvalue weighted by Crippen LogP contribution is -2.26. The molecule has 3 nitrogen and oxygen atoms in total. The van der Waals surface area contributed by atoms with Crippen molar-refractivity contribution in [2.45, 2.75) is 52.7 Å². The van der Waals surface area contributed by atoms with Gasteiger partial charge >= 0.3 is 5.97 Å². The van der Waals surface area contributed by atoms with E-state index < -0.39 is 5.60 Å². The Balaban J connectivity index is 2.29. The molecule has 0 heterocycles. The van der Waals surface area contributed by atoms with Crippen molar-refractivity contribution in [2.75, 3.05) is 6.54 Å². The fourth-order valence-electron chi connectivity index (χ4n) is 1.88. The summed E-state index contributed by atoms with van der Waals surface area (Å²) in [6.45, 7) is 9.25. The minimum Gasteiger partial charge on any atom is -0.460 e. The molecule has 19 heavy (non-hydrogen) atoms. The number of ether oxygens (including phenoxy) is 1. The summed E-state index contributed by atoms with van der Waals surface area (Å²) in [6.07, 6.45) is 1.44. The molecule has 0 radical (unpaired) electrons. The van der Waals surface area contributed by atoms with Gasteiger partial charge in [0, 0.05) is 13.1 Å². The molecule has 0 aliphatic heterocycles. The van der Waals surface area contributed by atoms with Crippen LogP contribution in [-0.2, 0) is 22.5 Å². The van der Waals surface area contributed by atoms with Gasteiger partial charge in [0.1, 0.15) is 5.60 Å². The van der Waals surface area contributed by atoms with Gasteiger partial charge in [-0.15, -0.1) is 0 Å². The summed E-state index contributed by atoms with van der Waals surface area (Å²) in [5, 5.41) is 3.29. The molecule has 0 aliphatic rings. The molecule has 1 rings (SSSR count). The van der Waals surface area contributed by atoms with Gasteiger partial charge in [0.05, 0.1) is 6.42 Å². The Morgan fingerprint density at radius 1 is 1.21 bits per heavy atom. The van der Waals surface area contributed by atoms with Gasteiger partial charge in [-0.1, -0.05) is 31.2 Å². The minimum atomic E-state index is -0.397. The summed E-state index contributed by atoms with van der Waals surface area (Å²) in [7, 11) is 0. The molecule has 1 N–H and O–H groups in total. The highest BCUT2D eigenvalue weighted by Crippen LogP contribution is 2.09. The molecule has 0 fully saturated rings. The maximum atomic E-state index is 11.5. The highest BCUT2D eigenvalue weighted by molar-refractivity contribution is 5.70. The number of hydrogen-bond acceptors (Lipinski definition) is 3. The first kappa shape index (κ1) is 15.7. The second-order valence-corrected chi connectivity index (χ2v) is 5.64. The molecule has 106 valence electrons. The summed E-state index contributed by atoms with van der Waals surface area (Å²) >= 11 is 0. The fourth-order valence-corrected chi connectivity index (χ4v) is 1.88. The molecule has 3 heteroatoms. The highest BCUT2D eigenvalue weighted by atomic mass is 16.6. The standard InChI is InChI=1S/C16H25NO2/c1-5-13-8-6-7-9-14(13)12-17-11-10-15(18)19-16(2,3)4/h6-9,17H,5,10-12H2,1-4H3. The number of nitrogens with one attached hydrogen (secondary N) is 1. The second-order valence-electron chi connectivity index (χ2n) is 5.64. The molecule has 0 unspecified atom stereocenters. The largest absolute Gasteiger partial charge is 0.460 e. The van der Waals surface area contributed by atoms with E-state index in [-0.39, 0.29) is 5.97 Å². The maximum Gasteiger partial charge on any atom is 0.307 e. The fraction of sp³-hybridized carbons (Fsp3) is 0.562. The predicted molar refractivity (Wildman–Crippen MR) is 78.0 cm³/mol. The van der Waals surface area contributed by atoms with Crippen LogP contribution in [0, 0.1) is 0 Å². The van der Waals surface area contributed by atoms with Crippen molar-refractivity contribution in [3.63, 3.8) is 0 Å². The van der Waals surface area contributed by atoms with Crippen molar-refractivity contribution in [1.29, 1.82) is 0 Å². The summed E-state index contributed by atoms with van der Waals surface area (Å²) in [6, 6.07) is 8.37. The van der Waals surface area contributed by atoms with Crippen LogP contribution in [0.3, 0.4) is 0 Å². The molecule has 0 amide bonds. The zero-order valence-electron chi connectivity index (χ0n) is 12.5. The first-order valence-corrected chi connectivity index (χ1v) is 6.91. The van der Waals surface area contributed by atoms with Crippen molar-refractivity contribution >= 4 is 5.97 Å². The van der Waals surface area contributed by atoms with Crippen molar-refractivity contribution < 1.29 is 9.53 Å². The summed E-state index contributed by atoms with van der Waals surface area (Å²) in [5.74, 6) is -0.149. The zero-order valence-corrected chi connectivity index (χ0v) is 12.5. The Morgan fingerprint density at radius 2 is 1.84 bits per heavy atom. The Labute approximate surface area is 116 Å². The van der Waals surface area contributed by atoms with Gasteiger partial charge in [0.25, 0.3) is 0 Å². The van der Waals surface area contributed by atoms with Crippen molar-refractivity contribution in [3.8, 4) is 0 Å². The third-order valence-electron chi connectivity index (χ3n) is 2.74. The Kier molecular flexibility index (Phi) is 6.03. The minimum absolute atomic E-state index is 0.149. The normalized spacial score (nSPS) is 11.4. The maximum absolute atomic E-state index is 11.5. The van der Waals surface area contributed by atoms with Crippen LogP contribution in [0.5, 0.6) is 0 Å². The van der Waals surface area contributed by atoms with Gasteiger partial charge in [-0.05, 0) is 38.3 Å². The number of rotatable bonds is 6. The number of carbonyl (C=O) groups is 1. The van der Waals surface area contributed by atoms with E-state index in [1.54, 1.807) is 0 Å². The first-order chi connectivity index (χ1) is 8.92. The predicted octanol–water partition coefficient (Wildman–Crippen LogP) is 3.07. The van der Waals surface area contributed by atoms with E-state index >= 15 is 0 Å². The summed E-state index contributed by atoms with van der Waals surface area (Å²) in [4.78, 5) is 11.5. The topological polar surface area (TPSA) is 38.3 Å². The number of benzene rings is 1. The lowest BCUT2D eigenvalue weighted by molar-refractivity contribution is -0.154. The van der Waals surface area contributed by atoms with Gasteiger partial charge in [-0.3, -0.25) is 4.79 Å². The molecule has 1 aromatic carbocycles. The van der Waals surface area contributed by atoms with E-state index in [1.165, 1.54) is 11.1 Å². The third kappa shape index (κ3) is 6.39. The molecule has 0 aromatic heterocycles. The van der Waals surface area contributed by atoms with Crippen molar-refractivity contribution in [3.05, 3.63) is 35.4 Å². The van der Waals surface area contributed by atoms with E-state index in [0.29, 0.717) is 13.0 Å². The van der Waals surface area contributed by atoms with Crippen LogP contribution in [0.2, 0.25) is 0 Å². The van der Waals surface area contributed by atoms with Crippen LogP contribution in [0.25, 0.3) is 0 Å². The van der Waals surface area contributed by atoms with E-state index in [4.69, 9.17) is 4.74 Å². The summed E-state index contributed by atoms with van der Waals surface area (Å²) in [5.41, 5.74) is 2.26. The van der Waals surface area contributed by atoms with Crippen LogP contribution in [0.15, 0.2) is 24.3 Å². The Hall–Kier alpha value is -1.35. The van der Waals surface area contributed by atoms with E-state index in [0.717, 1.165) is 13.0 Å². The van der Waals surface area contributed by atoms with Crippen LogP contribution in [0.4, 0.5) is 0 Å². The first-order valence-electron chi connectivity index (χ1n) is 6.91. The van der Waals surface area contributed by atoms with Crippen molar-refractivity contribution in [1.82, 2.24) is 5.32 Å². The zero-order chi connectivity index (χ0) is 14.3. The monoisotopic (exact) mass is 263 g/mol. The van der Waals surface area contributed by atoms with Crippen LogP contribution >= 0.6 is 0 Å². The van der Waals surface area contributed by atoms with Crippen LogP contribution in [-0.4, -0.2) is 18.1 Å². The van der Waals surface area contributed by atoms with Gasteiger partial charge in [-0.25, -0.2) is 0 Å². The molecule has 0 atom stereocenters. The van der Waals surface area contributed by atoms with Gasteiger partial charge < -0.3 is 10.1 Å². The number of carbonyl (C=O) groups excluding carboxylic acids is 1. The molecule has 0 spiro atoms. The van der Waals surface area contributed by atoms with Gasteiger partial charge in [0.2, 0.25) is 0 Å². The molecule has 0 bridgehead atoms.